The second kappa shape index (κ2) is 5.06. The zero-order valence-corrected chi connectivity index (χ0v) is 10.5. The van der Waals surface area contributed by atoms with Crippen LogP contribution in [0.5, 0.6) is 11.6 Å². The highest BCUT2D eigenvalue weighted by Gasteiger charge is 2.09. The van der Waals surface area contributed by atoms with Crippen LogP contribution in [0.15, 0.2) is 30.3 Å². The van der Waals surface area contributed by atoms with Gasteiger partial charge in [-0.3, -0.25) is 0 Å². The van der Waals surface area contributed by atoms with Crippen molar-refractivity contribution in [1.29, 1.82) is 0 Å². The molecule has 0 aliphatic heterocycles. The number of carboxylic acids is 1. The van der Waals surface area contributed by atoms with Crippen molar-refractivity contribution in [3.05, 3.63) is 53.0 Å². The normalized spacial score (nSPS) is 10.3. The highest BCUT2D eigenvalue weighted by molar-refractivity contribution is 5.88. The Morgan fingerprint density at radius 3 is 2.63 bits per heavy atom. The van der Waals surface area contributed by atoms with Gasteiger partial charge >= 0.3 is 5.97 Å². The number of aromatic nitrogens is 1. The Morgan fingerprint density at radius 1 is 1.26 bits per heavy atom. The first-order valence-corrected chi connectivity index (χ1v) is 5.61. The molecular weight excluding hydrogens is 249 g/mol. The van der Waals surface area contributed by atoms with Gasteiger partial charge in [-0.15, -0.1) is 0 Å². The smallest absolute Gasteiger partial charge is 0.335 e. The van der Waals surface area contributed by atoms with Gasteiger partial charge in [0.05, 0.1) is 5.56 Å². The van der Waals surface area contributed by atoms with E-state index < -0.39 is 5.97 Å². The molecule has 0 bridgehead atoms. The van der Waals surface area contributed by atoms with Crippen LogP contribution in [-0.4, -0.2) is 16.1 Å². The third kappa shape index (κ3) is 3.07. The lowest BCUT2D eigenvalue weighted by Crippen LogP contribution is -2.00. The first kappa shape index (κ1) is 13.0. The van der Waals surface area contributed by atoms with Gasteiger partial charge in [-0.1, -0.05) is 0 Å². The van der Waals surface area contributed by atoms with Crippen molar-refractivity contribution in [3.8, 4) is 11.6 Å². The zero-order chi connectivity index (χ0) is 14.0. The third-order valence-electron chi connectivity index (χ3n) is 2.53. The molecular formula is C14H12FNO3. The first-order valence-electron chi connectivity index (χ1n) is 5.61. The van der Waals surface area contributed by atoms with Crippen LogP contribution >= 0.6 is 0 Å². The van der Waals surface area contributed by atoms with E-state index in [0.29, 0.717) is 17.0 Å². The second-order valence-corrected chi connectivity index (χ2v) is 4.15. The van der Waals surface area contributed by atoms with Gasteiger partial charge in [-0.2, -0.15) is 0 Å². The van der Waals surface area contributed by atoms with Crippen LogP contribution in [0.25, 0.3) is 0 Å². The molecule has 1 N–H and O–H groups in total. The molecule has 0 fully saturated rings. The number of nitrogens with zero attached hydrogens (tertiary/aromatic N) is 1. The predicted molar refractivity (Wildman–Crippen MR) is 67.1 cm³/mol. The minimum Gasteiger partial charge on any atom is -0.478 e. The van der Waals surface area contributed by atoms with Gasteiger partial charge in [-0.05, 0) is 43.7 Å². The van der Waals surface area contributed by atoms with Gasteiger partial charge in [0.1, 0.15) is 11.6 Å². The summed E-state index contributed by atoms with van der Waals surface area (Å²) in [4.78, 5) is 15.0. The molecule has 0 spiro atoms. The fraction of sp³-hybridized carbons (Fsp3) is 0.143. The van der Waals surface area contributed by atoms with Crippen molar-refractivity contribution in [3.63, 3.8) is 0 Å². The number of hydrogen-bond acceptors (Lipinski definition) is 3. The summed E-state index contributed by atoms with van der Waals surface area (Å²) in [5.74, 6) is -0.793. The van der Waals surface area contributed by atoms with Gasteiger partial charge < -0.3 is 9.84 Å². The Balaban J connectivity index is 2.32. The van der Waals surface area contributed by atoms with Crippen molar-refractivity contribution >= 4 is 5.97 Å². The summed E-state index contributed by atoms with van der Waals surface area (Å²) in [5, 5.41) is 8.95. The van der Waals surface area contributed by atoms with Crippen LogP contribution in [0.4, 0.5) is 4.39 Å². The zero-order valence-electron chi connectivity index (χ0n) is 10.5. The average molecular weight is 261 g/mol. The molecule has 0 atom stereocenters. The van der Waals surface area contributed by atoms with Gasteiger partial charge in [0, 0.05) is 11.8 Å². The van der Waals surface area contributed by atoms with Crippen LogP contribution < -0.4 is 4.74 Å². The van der Waals surface area contributed by atoms with Crippen LogP contribution in [0.1, 0.15) is 21.6 Å². The van der Waals surface area contributed by atoms with Crippen LogP contribution in [-0.2, 0) is 0 Å². The molecule has 4 nitrogen and oxygen atoms in total. The van der Waals surface area contributed by atoms with E-state index in [-0.39, 0.29) is 17.3 Å². The summed E-state index contributed by atoms with van der Waals surface area (Å²) in [6.07, 6.45) is 0. The van der Waals surface area contributed by atoms with Gasteiger partial charge in [-0.25, -0.2) is 14.2 Å². The number of benzene rings is 1. The van der Waals surface area contributed by atoms with Crippen molar-refractivity contribution < 1.29 is 19.0 Å². The molecule has 1 aromatic carbocycles. The number of ether oxygens (including phenoxy) is 1. The van der Waals surface area contributed by atoms with Gasteiger partial charge in [0.15, 0.2) is 0 Å². The SMILES string of the molecule is Cc1cc(C(=O)O)cc(Oc2ccc(F)c(C)c2)n1. The average Bonchev–Trinajstić information content (AvgIpc) is 2.33. The maximum atomic E-state index is 13.1. The Hall–Kier alpha value is -2.43. The van der Waals surface area contributed by atoms with Gasteiger partial charge in [0.2, 0.25) is 5.88 Å². The fourth-order valence-electron chi connectivity index (χ4n) is 1.62. The van der Waals surface area contributed by atoms with E-state index in [1.165, 1.54) is 30.3 Å². The minimum atomic E-state index is -1.05. The molecule has 1 aromatic heterocycles. The molecule has 5 heteroatoms. The van der Waals surface area contributed by atoms with E-state index in [4.69, 9.17) is 9.84 Å². The lowest BCUT2D eigenvalue weighted by molar-refractivity contribution is 0.0696. The highest BCUT2D eigenvalue weighted by Crippen LogP contribution is 2.23. The summed E-state index contributed by atoms with van der Waals surface area (Å²) in [5.41, 5.74) is 1.08. The molecule has 0 amide bonds. The molecule has 2 rings (SSSR count). The molecule has 2 aromatic rings. The summed E-state index contributed by atoms with van der Waals surface area (Å²) >= 11 is 0. The Kier molecular flexibility index (Phi) is 3.46. The maximum Gasteiger partial charge on any atom is 0.335 e. The van der Waals surface area contributed by atoms with E-state index in [0.717, 1.165) is 0 Å². The molecule has 0 saturated carbocycles. The monoisotopic (exact) mass is 261 g/mol. The Morgan fingerprint density at radius 2 is 2.00 bits per heavy atom. The first-order chi connectivity index (χ1) is 8.95. The van der Waals surface area contributed by atoms with Gasteiger partial charge in [0.25, 0.3) is 0 Å². The summed E-state index contributed by atoms with van der Waals surface area (Å²) in [7, 11) is 0. The van der Waals surface area contributed by atoms with Crippen molar-refractivity contribution in [2.24, 2.45) is 0 Å². The second-order valence-electron chi connectivity index (χ2n) is 4.15. The number of pyridine rings is 1. The third-order valence-corrected chi connectivity index (χ3v) is 2.53. The molecule has 98 valence electrons. The number of aryl methyl sites for hydroxylation is 2. The Labute approximate surface area is 109 Å². The number of halogens is 1. The molecule has 19 heavy (non-hydrogen) atoms. The number of hydrogen-bond donors (Lipinski definition) is 1. The quantitative estimate of drug-likeness (QED) is 0.920. The fourth-order valence-corrected chi connectivity index (χ4v) is 1.62. The van der Waals surface area contributed by atoms with Crippen molar-refractivity contribution in [2.75, 3.05) is 0 Å². The predicted octanol–water partition coefficient (Wildman–Crippen LogP) is 3.33. The van der Waals surface area contributed by atoms with E-state index in [1.54, 1.807) is 13.8 Å². The molecule has 0 saturated heterocycles. The lowest BCUT2D eigenvalue weighted by atomic mass is 10.2. The number of carboxylic acid groups (broad SMARTS) is 1. The lowest BCUT2D eigenvalue weighted by Gasteiger charge is -2.07. The van der Waals surface area contributed by atoms with Crippen LogP contribution in [0, 0.1) is 19.7 Å². The van der Waals surface area contributed by atoms with E-state index in [1.807, 2.05) is 0 Å². The van der Waals surface area contributed by atoms with E-state index in [2.05, 4.69) is 4.98 Å². The summed E-state index contributed by atoms with van der Waals surface area (Å²) < 4.78 is 18.6. The largest absolute Gasteiger partial charge is 0.478 e. The number of carbonyl (C=O) groups is 1. The summed E-state index contributed by atoms with van der Waals surface area (Å²) in [6, 6.07) is 7.06. The van der Waals surface area contributed by atoms with E-state index in [9.17, 15) is 9.18 Å². The van der Waals surface area contributed by atoms with Crippen molar-refractivity contribution in [2.45, 2.75) is 13.8 Å². The molecule has 0 unspecified atom stereocenters. The molecule has 1 heterocycles. The van der Waals surface area contributed by atoms with Crippen LogP contribution in [0.3, 0.4) is 0 Å². The number of aromatic carboxylic acids is 1. The molecule has 0 radical (unpaired) electrons. The topological polar surface area (TPSA) is 59.4 Å². The Bertz CT molecular complexity index is 641. The van der Waals surface area contributed by atoms with Crippen LogP contribution in [0.2, 0.25) is 0 Å². The molecule has 0 aliphatic carbocycles. The maximum absolute atomic E-state index is 13.1. The minimum absolute atomic E-state index is 0.0985. The standard InChI is InChI=1S/C14H12FNO3/c1-8-5-11(3-4-12(8)15)19-13-7-10(14(17)18)6-9(2)16-13/h3-7H,1-2H3,(H,17,18). The summed E-state index contributed by atoms with van der Waals surface area (Å²) in [6.45, 7) is 3.30. The highest BCUT2D eigenvalue weighted by atomic mass is 19.1. The van der Waals surface area contributed by atoms with Crippen molar-refractivity contribution in [1.82, 2.24) is 4.98 Å². The van der Waals surface area contributed by atoms with E-state index >= 15 is 0 Å². The number of rotatable bonds is 3. The molecule has 0 aliphatic rings.